The highest BCUT2D eigenvalue weighted by Gasteiger charge is 2.04. The molecule has 88 valence electrons. The normalized spacial score (nSPS) is 11.1. The summed E-state index contributed by atoms with van der Waals surface area (Å²) in [7, 11) is 2.13. The van der Waals surface area contributed by atoms with Crippen molar-refractivity contribution in [3.05, 3.63) is 35.4 Å². The van der Waals surface area contributed by atoms with Gasteiger partial charge < -0.3 is 10.6 Å². The molecule has 16 heavy (non-hydrogen) atoms. The number of rotatable bonds is 5. The summed E-state index contributed by atoms with van der Waals surface area (Å²) >= 11 is 4.97. The van der Waals surface area contributed by atoms with E-state index in [-0.39, 0.29) is 0 Å². The predicted octanol–water partition coefficient (Wildman–Crippen LogP) is 2.41. The predicted molar refractivity (Wildman–Crippen MR) is 73.5 cm³/mol. The van der Waals surface area contributed by atoms with E-state index < -0.39 is 0 Å². The number of nitrogens with zero attached hydrogens (tertiary/aromatic N) is 1. The Morgan fingerprint density at radius 2 is 2.12 bits per heavy atom. The largest absolute Gasteiger partial charge is 0.389 e. The zero-order valence-corrected chi connectivity index (χ0v) is 11.1. The number of thiocarbonyl (C=S) groups is 1. The van der Waals surface area contributed by atoms with Gasteiger partial charge >= 0.3 is 0 Å². The summed E-state index contributed by atoms with van der Waals surface area (Å²) in [6.45, 7) is 6.48. The van der Waals surface area contributed by atoms with Crippen molar-refractivity contribution < 1.29 is 0 Å². The number of benzene rings is 1. The van der Waals surface area contributed by atoms with Crippen molar-refractivity contribution >= 4 is 17.2 Å². The molecule has 0 amide bonds. The van der Waals surface area contributed by atoms with E-state index in [9.17, 15) is 0 Å². The van der Waals surface area contributed by atoms with Crippen LogP contribution >= 0.6 is 12.2 Å². The molecule has 2 nitrogen and oxygen atoms in total. The highest BCUT2D eigenvalue weighted by atomic mass is 32.1. The first-order valence-corrected chi connectivity index (χ1v) is 5.97. The van der Waals surface area contributed by atoms with E-state index in [2.05, 4.69) is 37.9 Å². The zero-order chi connectivity index (χ0) is 12.1. The molecule has 1 rings (SSSR count). The molecular formula is C13H20N2S. The summed E-state index contributed by atoms with van der Waals surface area (Å²) in [6, 6.07) is 8.14. The van der Waals surface area contributed by atoms with Gasteiger partial charge in [-0.05, 0) is 24.6 Å². The summed E-state index contributed by atoms with van der Waals surface area (Å²) in [5.74, 6) is 0.684. The van der Waals surface area contributed by atoms with Crippen LogP contribution in [-0.4, -0.2) is 23.5 Å². The van der Waals surface area contributed by atoms with Crippen molar-refractivity contribution in [2.75, 3.05) is 13.6 Å². The summed E-state index contributed by atoms with van der Waals surface area (Å²) in [4.78, 5) is 2.77. The van der Waals surface area contributed by atoms with Crippen LogP contribution in [0.5, 0.6) is 0 Å². The van der Waals surface area contributed by atoms with Gasteiger partial charge in [-0.25, -0.2) is 0 Å². The molecule has 0 fully saturated rings. The van der Waals surface area contributed by atoms with Gasteiger partial charge in [0.1, 0.15) is 4.99 Å². The van der Waals surface area contributed by atoms with Gasteiger partial charge in [0.05, 0.1) is 0 Å². The molecule has 1 aromatic carbocycles. The molecule has 0 aromatic heterocycles. The Kier molecular flexibility index (Phi) is 4.90. The highest BCUT2D eigenvalue weighted by molar-refractivity contribution is 7.80. The van der Waals surface area contributed by atoms with Gasteiger partial charge in [0, 0.05) is 18.7 Å². The molecule has 0 aliphatic carbocycles. The lowest BCUT2D eigenvalue weighted by Crippen LogP contribution is -2.22. The van der Waals surface area contributed by atoms with Crippen molar-refractivity contribution in [2.24, 2.45) is 11.7 Å². The van der Waals surface area contributed by atoms with Gasteiger partial charge in [-0.1, -0.05) is 44.3 Å². The maximum Gasteiger partial charge on any atom is 0.103 e. The lowest BCUT2D eigenvalue weighted by atomic mass is 10.1. The summed E-state index contributed by atoms with van der Waals surface area (Å²) in [6.07, 6.45) is 0. The molecule has 0 unspecified atom stereocenters. The van der Waals surface area contributed by atoms with Crippen LogP contribution in [0.1, 0.15) is 25.0 Å². The van der Waals surface area contributed by atoms with Gasteiger partial charge in [0.2, 0.25) is 0 Å². The molecule has 0 spiro atoms. The van der Waals surface area contributed by atoms with Gasteiger partial charge in [-0.3, -0.25) is 0 Å². The molecule has 0 aliphatic heterocycles. The molecule has 0 saturated heterocycles. The van der Waals surface area contributed by atoms with E-state index in [1.165, 1.54) is 5.56 Å². The van der Waals surface area contributed by atoms with Crippen molar-refractivity contribution in [3.8, 4) is 0 Å². The SMILES string of the molecule is CC(C)CN(C)Cc1cccc(C(N)=S)c1. The van der Waals surface area contributed by atoms with Gasteiger partial charge in [-0.2, -0.15) is 0 Å². The van der Waals surface area contributed by atoms with E-state index in [4.69, 9.17) is 18.0 Å². The Morgan fingerprint density at radius 1 is 1.44 bits per heavy atom. The number of hydrogen-bond donors (Lipinski definition) is 1. The zero-order valence-electron chi connectivity index (χ0n) is 10.2. The molecule has 0 atom stereocenters. The average molecular weight is 236 g/mol. The van der Waals surface area contributed by atoms with E-state index >= 15 is 0 Å². The first kappa shape index (κ1) is 13.1. The molecular weight excluding hydrogens is 216 g/mol. The third kappa shape index (κ3) is 4.29. The average Bonchev–Trinajstić information content (AvgIpc) is 2.16. The number of nitrogens with two attached hydrogens (primary N) is 1. The van der Waals surface area contributed by atoms with E-state index in [1.54, 1.807) is 0 Å². The molecule has 0 bridgehead atoms. The molecule has 3 heteroatoms. The Hall–Kier alpha value is -0.930. The molecule has 0 radical (unpaired) electrons. The Bertz CT molecular complexity index is 361. The third-order valence-electron chi connectivity index (χ3n) is 2.34. The highest BCUT2D eigenvalue weighted by Crippen LogP contribution is 2.08. The lowest BCUT2D eigenvalue weighted by Gasteiger charge is -2.19. The van der Waals surface area contributed by atoms with Crippen LogP contribution < -0.4 is 5.73 Å². The van der Waals surface area contributed by atoms with E-state index in [0.717, 1.165) is 18.7 Å². The van der Waals surface area contributed by atoms with Crippen LogP contribution in [0, 0.1) is 5.92 Å². The quantitative estimate of drug-likeness (QED) is 0.796. The molecule has 1 aromatic rings. The second-order valence-electron chi connectivity index (χ2n) is 4.66. The van der Waals surface area contributed by atoms with Crippen LogP contribution in [-0.2, 0) is 6.54 Å². The fourth-order valence-electron chi connectivity index (χ4n) is 1.82. The Labute approximate surface area is 103 Å². The monoisotopic (exact) mass is 236 g/mol. The van der Waals surface area contributed by atoms with Crippen LogP contribution in [0.2, 0.25) is 0 Å². The van der Waals surface area contributed by atoms with Crippen molar-refractivity contribution in [1.82, 2.24) is 4.90 Å². The first-order valence-electron chi connectivity index (χ1n) is 5.56. The van der Waals surface area contributed by atoms with Gasteiger partial charge in [0.25, 0.3) is 0 Å². The summed E-state index contributed by atoms with van der Waals surface area (Å²) in [5.41, 5.74) is 7.82. The first-order chi connectivity index (χ1) is 7.49. The molecule has 0 saturated carbocycles. The Balaban J connectivity index is 2.66. The standard InChI is InChI=1S/C13H20N2S/c1-10(2)8-15(3)9-11-5-4-6-12(7-11)13(14)16/h4-7,10H,8-9H2,1-3H3,(H2,14,16). The van der Waals surface area contributed by atoms with Crippen molar-refractivity contribution in [2.45, 2.75) is 20.4 Å². The van der Waals surface area contributed by atoms with Crippen molar-refractivity contribution in [3.63, 3.8) is 0 Å². The third-order valence-corrected chi connectivity index (χ3v) is 2.58. The molecule has 2 N–H and O–H groups in total. The summed E-state index contributed by atoms with van der Waals surface area (Å²) in [5, 5.41) is 0. The lowest BCUT2D eigenvalue weighted by molar-refractivity contribution is 0.288. The second-order valence-corrected chi connectivity index (χ2v) is 5.10. The topological polar surface area (TPSA) is 29.3 Å². The maximum absolute atomic E-state index is 5.61. The fourth-order valence-corrected chi connectivity index (χ4v) is 1.95. The van der Waals surface area contributed by atoms with Crippen LogP contribution in [0.25, 0.3) is 0 Å². The minimum absolute atomic E-state index is 0.466. The molecule has 0 heterocycles. The number of hydrogen-bond acceptors (Lipinski definition) is 2. The molecule has 0 aliphatic rings. The minimum Gasteiger partial charge on any atom is -0.389 e. The van der Waals surface area contributed by atoms with Crippen LogP contribution in [0.4, 0.5) is 0 Å². The second kappa shape index (κ2) is 5.97. The minimum atomic E-state index is 0.466. The van der Waals surface area contributed by atoms with Crippen molar-refractivity contribution in [1.29, 1.82) is 0 Å². The maximum atomic E-state index is 5.61. The van der Waals surface area contributed by atoms with E-state index in [0.29, 0.717) is 10.9 Å². The van der Waals surface area contributed by atoms with E-state index in [1.807, 2.05) is 12.1 Å². The fraction of sp³-hybridized carbons (Fsp3) is 0.462. The summed E-state index contributed by atoms with van der Waals surface area (Å²) < 4.78 is 0. The van der Waals surface area contributed by atoms with Gasteiger partial charge in [-0.15, -0.1) is 0 Å². The smallest absolute Gasteiger partial charge is 0.103 e. The van der Waals surface area contributed by atoms with Gasteiger partial charge in [0.15, 0.2) is 0 Å². The Morgan fingerprint density at radius 3 is 2.69 bits per heavy atom. The van der Waals surface area contributed by atoms with Crippen LogP contribution in [0.3, 0.4) is 0 Å². The van der Waals surface area contributed by atoms with Crippen LogP contribution in [0.15, 0.2) is 24.3 Å².